The summed E-state index contributed by atoms with van der Waals surface area (Å²) in [5.41, 5.74) is 1.85. The molecule has 1 aromatic carbocycles. The summed E-state index contributed by atoms with van der Waals surface area (Å²) >= 11 is 1.63. The largest absolute Gasteiger partial charge is 0.411 e. The Labute approximate surface area is 92.5 Å². The monoisotopic (exact) mass is 217 g/mol. The molecule has 0 amide bonds. The average molecular weight is 217 g/mol. The molecule has 2 rings (SSSR count). The third-order valence-corrected chi connectivity index (χ3v) is 3.41. The first-order valence-corrected chi connectivity index (χ1v) is 5.47. The van der Waals surface area contributed by atoms with E-state index in [-0.39, 0.29) is 0 Å². The van der Waals surface area contributed by atoms with Gasteiger partial charge in [-0.1, -0.05) is 35.5 Å². The van der Waals surface area contributed by atoms with Crippen molar-refractivity contribution >= 4 is 17.0 Å². The van der Waals surface area contributed by atoms with E-state index >= 15 is 0 Å². The van der Waals surface area contributed by atoms with E-state index in [1.807, 2.05) is 30.3 Å². The van der Waals surface area contributed by atoms with Gasteiger partial charge in [0.2, 0.25) is 0 Å². The number of hydrogen-bond acceptors (Lipinski definition) is 3. The minimum absolute atomic E-state index is 0.655. The predicted octanol–water partition coefficient (Wildman–Crippen LogP) is 3.61. The van der Waals surface area contributed by atoms with Crippen LogP contribution in [0.3, 0.4) is 0 Å². The summed E-state index contributed by atoms with van der Waals surface area (Å²) in [5.74, 6) is 0. The molecule has 0 aliphatic rings. The van der Waals surface area contributed by atoms with E-state index in [0.717, 1.165) is 4.88 Å². The molecule has 1 heterocycles. The van der Waals surface area contributed by atoms with Crippen LogP contribution in [0.25, 0.3) is 10.4 Å². The highest BCUT2D eigenvalue weighted by Crippen LogP contribution is 2.28. The number of hydrogen-bond donors (Lipinski definition) is 1. The zero-order valence-electron chi connectivity index (χ0n) is 8.34. The van der Waals surface area contributed by atoms with E-state index in [1.165, 1.54) is 10.4 Å². The molecule has 1 N–H and O–H groups in total. The summed E-state index contributed by atoms with van der Waals surface area (Å²) in [7, 11) is 0. The second-order valence-electron chi connectivity index (χ2n) is 3.22. The molecule has 2 aromatic rings. The lowest BCUT2D eigenvalue weighted by Crippen LogP contribution is -1.87. The highest BCUT2D eigenvalue weighted by atomic mass is 32.1. The highest BCUT2D eigenvalue weighted by Gasteiger charge is 2.04. The lowest BCUT2D eigenvalue weighted by molar-refractivity contribution is 0.319. The van der Waals surface area contributed by atoms with Gasteiger partial charge in [-0.15, -0.1) is 11.3 Å². The van der Waals surface area contributed by atoms with Gasteiger partial charge in [-0.25, -0.2) is 0 Å². The molecule has 0 aliphatic heterocycles. The van der Waals surface area contributed by atoms with Crippen molar-refractivity contribution < 1.29 is 5.21 Å². The van der Waals surface area contributed by atoms with Gasteiger partial charge in [0.15, 0.2) is 0 Å². The maximum absolute atomic E-state index is 8.66. The Morgan fingerprint density at radius 3 is 2.53 bits per heavy atom. The molecule has 76 valence electrons. The van der Waals surface area contributed by atoms with Crippen LogP contribution in [0.1, 0.15) is 11.8 Å². The number of nitrogens with zero attached hydrogens (tertiary/aromatic N) is 1. The van der Waals surface area contributed by atoms with Crippen molar-refractivity contribution in [1.82, 2.24) is 0 Å². The van der Waals surface area contributed by atoms with Crippen molar-refractivity contribution in [1.29, 1.82) is 0 Å². The topological polar surface area (TPSA) is 32.6 Å². The zero-order valence-corrected chi connectivity index (χ0v) is 9.16. The molecule has 2 nitrogen and oxygen atoms in total. The van der Waals surface area contributed by atoms with Crippen LogP contribution in [0.4, 0.5) is 0 Å². The van der Waals surface area contributed by atoms with Crippen LogP contribution in [-0.2, 0) is 0 Å². The number of oxime groups is 1. The Balaban J connectivity index is 2.36. The Kier molecular flexibility index (Phi) is 2.83. The van der Waals surface area contributed by atoms with Crippen LogP contribution in [0.2, 0.25) is 0 Å². The van der Waals surface area contributed by atoms with Gasteiger partial charge in [0.05, 0.1) is 10.6 Å². The Morgan fingerprint density at radius 1 is 1.13 bits per heavy atom. The molecule has 0 atom stereocenters. The summed E-state index contributed by atoms with van der Waals surface area (Å²) in [6.07, 6.45) is 0. The standard InChI is InChI=1S/C12H11NOS/c1-9(13-14)11-7-8-12(15-11)10-5-3-2-4-6-10/h2-8,14H,1H3. The summed E-state index contributed by atoms with van der Waals surface area (Å²) in [4.78, 5) is 2.19. The molecule has 0 aliphatic carbocycles. The van der Waals surface area contributed by atoms with E-state index in [0.29, 0.717) is 5.71 Å². The summed E-state index contributed by atoms with van der Waals surface area (Å²) < 4.78 is 0. The fraction of sp³-hybridized carbons (Fsp3) is 0.0833. The van der Waals surface area contributed by atoms with Gasteiger partial charge in [-0.2, -0.15) is 0 Å². The van der Waals surface area contributed by atoms with Crippen molar-refractivity contribution in [2.75, 3.05) is 0 Å². The van der Waals surface area contributed by atoms with Gasteiger partial charge in [0.1, 0.15) is 0 Å². The van der Waals surface area contributed by atoms with Gasteiger partial charge in [0, 0.05) is 4.88 Å². The first kappa shape index (κ1) is 9.93. The first-order valence-electron chi connectivity index (χ1n) is 4.65. The van der Waals surface area contributed by atoms with Crippen molar-refractivity contribution in [2.24, 2.45) is 5.16 Å². The van der Waals surface area contributed by atoms with Crippen LogP contribution in [-0.4, -0.2) is 10.9 Å². The Hall–Kier alpha value is -1.61. The Morgan fingerprint density at radius 2 is 1.87 bits per heavy atom. The molecule has 0 fully saturated rings. The molecule has 15 heavy (non-hydrogen) atoms. The molecule has 0 saturated carbocycles. The molecule has 1 aromatic heterocycles. The minimum atomic E-state index is 0.655. The van der Waals surface area contributed by atoms with Crippen LogP contribution in [0, 0.1) is 0 Å². The quantitative estimate of drug-likeness (QED) is 0.465. The number of thiophene rings is 1. The van der Waals surface area contributed by atoms with Crippen molar-refractivity contribution in [2.45, 2.75) is 6.92 Å². The van der Waals surface area contributed by atoms with Crippen molar-refractivity contribution in [3.05, 3.63) is 47.3 Å². The fourth-order valence-electron chi connectivity index (χ4n) is 1.34. The second-order valence-corrected chi connectivity index (χ2v) is 4.30. The molecule has 0 spiro atoms. The van der Waals surface area contributed by atoms with E-state index in [2.05, 4.69) is 17.3 Å². The molecule has 3 heteroatoms. The van der Waals surface area contributed by atoms with E-state index in [4.69, 9.17) is 5.21 Å². The third-order valence-electron chi connectivity index (χ3n) is 2.17. The van der Waals surface area contributed by atoms with Gasteiger partial charge in [-0.3, -0.25) is 0 Å². The highest BCUT2D eigenvalue weighted by molar-refractivity contribution is 7.17. The second kappa shape index (κ2) is 4.28. The lowest BCUT2D eigenvalue weighted by Gasteiger charge is -1.95. The van der Waals surface area contributed by atoms with E-state index < -0.39 is 0 Å². The normalized spacial score (nSPS) is 11.7. The van der Waals surface area contributed by atoms with Gasteiger partial charge in [-0.05, 0) is 24.6 Å². The smallest absolute Gasteiger partial charge is 0.0936 e. The predicted molar refractivity (Wildman–Crippen MR) is 63.8 cm³/mol. The first-order chi connectivity index (χ1) is 7.31. The maximum atomic E-state index is 8.66. The van der Waals surface area contributed by atoms with Crippen molar-refractivity contribution in [3.8, 4) is 10.4 Å². The minimum Gasteiger partial charge on any atom is -0.411 e. The number of benzene rings is 1. The SMILES string of the molecule is CC(=NO)c1ccc(-c2ccccc2)s1. The van der Waals surface area contributed by atoms with Gasteiger partial charge in [0.25, 0.3) is 0 Å². The van der Waals surface area contributed by atoms with Gasteiger partial charge >= 0.3 is 0 Å². The Bertz CT molecular complexity index is 473. The molecule has 0 radical (unpaired) electrons. The zero-order chi connectivity index (χ0) is 10.7. The van der Waals surface area contributed by atoms with E-state index in [1.54, 1.807) is 18.3 Å². The van der Waals surface area contributed by atoms with Crippen molar-refractivity contribution in [3.63, 3.8) is 0 Å². The molecule has 0 bridgehead atoms. The maximum Gasteiger partial charge on any atom is 0.0936 e. The molecule has 0 unspecified atom stereocenters. The summed E-state index contributed by atoms with van der Waals surface area (Å²) in [5, 5.41) is 11.9. The van der Waals surface area contributed by atoms with Crippen LogP contribution >= 0.6 is 11.3 Å². The summed E-state index contributed by atoms with van der Waals surface area (Å²) in [6.45, 7) is 1.79. The molecular weight excluding hydrogens is 206 g/mol. The van der Waals surface area contributed by atoms with Crippen LogP contribution in [0.5, 0.6) is 0 Å². The average Bonchev–Trinajstić information content (AvgIpc) is 2.78. The third kappa shape index (κ3) is 2.07. The van der Waals surface area contributed by atoms with Crippen LogP contribution in [0.15, 0.2) is 47.6 Å². The van der Waals surface area contributed by atoms with E-state index in [9.17, 15) is 0 Å². The molecule has 0 saturated heterocycles. The fourth-order valence-corrected chi connectivity index (χ4v) is 2.29. The van der Waals surface area contributed by atoms with Gasteiger partial charge < -0.3 is 5.21 Å². The lowest BCUT2D eigenvalue weighted by atomic mass is 10.2. The molecular formula is C12H11NOS. The number of rotatable bonds is 2. The summed E-state index contributed by atoms with van der Waals surface area (Å²) in [6, 6.07) is 14.2. The van der Waals surface area contributed by atoms with Crippen LogP contribution < -0.4 is 0 Å².